The largest absolute Gasteiger partial charge is 0.355 e. The number of fused-ring (bicyclic) bond motifs is 1. The van der Waals surface area contributed by atoms with Crippen LogP contribution in [-0.4, -0.2) is 94.0 Å². The average molecular weight is 675 g/mol. The van der Waals surface area contributed by atoms with E-state index in [0.717, 1.165) is 16.8 Å². The maximum atomic E-state index is 13.6. The molecule has 0 aliphatic carbocycles. The lowest BCUT2D eigenvalue weighted by molar-refractivity contribution is -0.139. The second-order valence-electron chi connectivity index (χ2n) is 12.8. The molecule has 1 aliphatic rings. The van der Waals surface area contributed by atoms with Crippen LogP contribution in [0, 0.1) is 12.8 Å². The lowest BCUT2D eigenvalue weighted by Crippen LogP contribution is -2.59. The smallest absolute Gasteiger partial charge is 0.245 e. The van der Waals surface area contributed by atoms with E-state index in [4.69, 9.17) is 0 Å². The fraction of sp³-hybridized carbons (Fsp3) is 0.457. The number of imidazole rings is 1. The molecule has 3 aromatic rings. The Bertz CT molecular complexity index is 1670. The standard InChI is InChI=1S/C35H46N8O6/c1-21(2)30-34(48)38-23(4)32(46)40-27(17-24-12-7-6-8-13-24)35(49)42(5)20-29(45)36-15-9-14-26(33(47)41-30)39-28(44)18-25-19-37-31-22(3)11-10-16-43(25)31/h6-8,10-13,16,19,21,23,26-27,30H,9,14-15,17-18,20H2,1-5H3,(H,36,45)(H,38,48)(H,39,44)(H,40,46)(H,41,47)/t23-,26+,27+,30-/m1/s1. The van der Waals surface area contributed by atoms with Crippen LogP contribution in [0.4, 0.5) is 0 Å². The third-order valence-corrected chi connectivity index (χ3v) is 8.45. The van der Waals surface area contributed by atoms with E-state index in [-0.39, 0.29) is 38.3 Å². The molecule has 5 N–H and O–H groups in total. The van der Waals surface area contributed by atoms with E-state index in [0.29, 0.717) is 12.1 Å². The van der Waals surface area contributed by atoms with Gasteiger partial charge in [-0.25, -0.2) is 4.98 Å². The van der Waals surface area contributed by atoms with E-state index >= 15 is 0 Å². The van der Waals surface area contributed by atoms with Crippen molar-refractivity contribution in [1.29, 1.82) is 0 Å². The lowest BCUT2D eigenvalue weighted by atomic mass is 10.0. The first kappa shape index (κ1) is 36.6. The van der Waals surface area contributed by atoms with Crippen LogP contribution in [0.15, 0.2) is 54.9 Å². The number of aryl methyl sites for hydroxylation is 1. The molecule has 1 fully saturated rings. The predicted octanol–water partition coefficient (Wildman–Crippen LogP) is 0.411. The summed E-state index contributed by atoms with van der Waals surface area (Å²) in [6.45, 7) is 6.81. The van der Waals surface area contributed by atoms with Crippen LogP contribution in [0.5, 0.6) is 0 Å². The van der Waals surface area contributed by atoms with E-state index in [1.165, 1.54) is 18.9 Å². The van der Waals surface area contributed by atoms with Crippen LogP contribution in [0.2, 0.25) is 0 Å². The summed E-state index contributed by atoms with van der Waals surface area (Å²) in [5, 5.41) is 13.7. The summed E-state index contributed by atoms with van der Waals surface area (Å²) in [5.74, 6) is -3.46. The Hall–Kier alpha value is -5.27. The van der Waals surface area contributed by atoms with Gasteiger partial charge in [-0.05, 0) is 49.8 Å². The highest BCUT2D eigenvalue weighted by molar-refractivity contribution is 5.96. The van der Waals surface area contributed by atoms with Crippen molar-refractivity contribution in [3.05, 3.63) is 71.7 Å². The first-order valence-electron chi connectivity index (χ1n) is 16.5. The van der Waals surface area contributed by atoms with Crippen molar-refractivity contribution in [1.82, 2.24) is 40.9 Å². The molecule has 49 heavy (non-hydrogen) atoms. The van der Waals surface area contributed by atoms with E-state index in [1.54, 1.807) is 20.0 Å². The zero-order chi connectivity index (χ0) is 35.7. The van der Waals surface area contributed by atoms with Crippen LogP contribution in [0.1, 0.15) is 50.4 Å². The van der Waals surface area contributed by atoms with Crippen molar-refractivity contribution >= 4 is 41.1 Å². The van der Waals surface area contributed by atoms with E-state index < -0.39 is 59.6 Å². The summed E-state index contributed by atoms with van der Waals surface area (Å²) >= 11 is 0. The molecule has 1 aliphatic heterocycles. The van der Waals surface area contributed by atoms with Gasteiger partial charge >= 0.3 is 0 Å². The van der Waals surface area contributed by atoms with Gasteiger partial charge in [-0.3, -0.25) is 28.8 Å². The van der Waals surface area contributed by atoms with Gasteiger partial charge < -0.3 is 35.9 Å². The van der Waals surface area contributed by atoms with Crippen molar-refractivity contribution in [2.24, 2.45) is 5.92 Å². The Morgan fingerprint density at radius 3 is 2.43 bits per heavy atom. The van der Waals surface area contributed by atoms with Gasteiger partial charge in [-0.15, -0.1) is 0 Å². The fourth-order valence-electron chi connectivity index (χ4n) is 5.67. The van der Waals surface area contributed by atoms with Gasteiger partial charge in [0.1, 0.15) is 29.8 Å². The average Bonchev–Trinajstić information content (AvgIpc) is 3.47. The molecule has 2 aromatic heterocycles. The van der Waals surface area contributed by atoms with Gasteiger partial charge in [-0.2, -0.15) is 0 Å². The molecule has 0 saturated carbocycles. The number of rotatable bonds is 6. The van der Waals surface area contributed by atoms with Gasteiger partial charge in [-0.1, -0.05) is 50.2 Å². The highest BCUT2D eigenvalue weighted by atomic mass is 16.2. The molecule has 4 rings (SSSR count). The molecule has 262 valence electrons. The highest BCUT2D eigenvalue weighted by Gasteiger charge is 2.32. The van der Waals surface area contributed by atoms with Crippen LogP contribution in [0.25, 0.3) is 5.65 Å². The number of carbonyl (C=O) groups excluding carboxylic acids is 6. The SMILES string of the molecule is Cc1cccn2c(CC(=O)N[C@H]3CCCNC(=O)CN(C)C(=O)[C@H](Cc4ccccc4)NC(=O)[C@@H](C)NC(=O)[C@@H](C(C)C)NC3=O)cnc12. The minimum absolute atomic E-state index is 0.0442. The number of carbonyl (C=O) groups is 6. The molecule has 14 nitrogen and oxygen atoms in total. The number of hydrogen-bond donors (Lipinski definition) is 5. The summed E-state index contributed by atoms with van der Waals surface area (Å²) in [5.41, 5.74) is 3.12. The van der Waals surface area contributed by atoms with Gasteiger partial charge in [0.05, 0.1) is 18.7 Å². The maximum absolute atomic E-state index is 13.6. The molecule has 4 atom stereocenters. The van der Waals surface area contributed by atoms with Crippen molar-refractivity contribution < 1.29 is 28.8 Å². The Labute approximate surface area is 285 Å². The summed E-state index contributed by atoms with van der Waals surface area (Å²) < 4.78 is 1.82. The quantitative estimate of drug-likeness (QED) is 0.251. The minimum atomic E-state index is -1.06. The molecular formula is C35H46N8O6. The second kappa shape index (κ2) is 16.7. The number of nitrogens with one attached hydrogen (secondary N) is 5. The summed E-state index contributed by atoms with van der Waals surface area (Å²) in [7, 11) is 1.48. The van der Waals surface area contributed by atoms with Crippen LogP contribution >= 0.6 is 0 Å². The first-order valence-corrected chi connectivity index (χ1v) is 16.5. The normalized spacial score (nSPS) is 22.1. The topological polar surface area (TPSA) is 183 Å². The van der Waals surface area contributed by atoms with E-state index in [9.17, 15) is 28.8 Å². The molecule has 1 saturated heterocycles. The number of hydrogen-bond acceptors (Lipinski definition) is 7. The van der Waals surface area contributed by atoms with Crippen molar-refractivity contribution in [3.8, 4) is 0 Å². The molecule has 0 spiro atoms. The van der Waals surface area contributed by atoms with Crippen LogP contribution in [0.3, 0.4) is 0 Å². The Morgan fingerprint density at radius 1 is 0.980 bits per heavy atom. The third-order valence-electron chi connectivity index (χ3n) is 8.45. The number of pyridine rings is 1. The lowest BCUT2D eigenvalue weighted by Gasteiger charge is -2.28. The maximum Gasteiger partial charge on any atom is 0.245 e. The van der Waals surface area contributed by atoms with Crippen LogP contribution < -0.4 is 26.6 Å². The van der Waals surface area contributed by atoms with E-state index in [2.05, 4.69) is 31.6 Å². The number of aromatic nitrogens is 2. The number of likely N-dealkylation sites (N-methyl/N-ethyl adjacent to an activating group) is 1. The molecule has 14 heteroatoms. The Balaban J connectivity index is 1.53. The first-order chi connectivity index (χ1) is 23.3. The second-order valence-corrected chi connectivity index (χ2v) is 12.8. The summed E-state index contributed by atoms with van der Waals surface area (Å²) in [6.07, 6.45) is 4.03. The van der Waals surface area contributed by atoms with Gasteiger partial charge in [0, 0.05) is 32.4 Å². The molecule has 0 bridgehead atoms. The number of nitrogens with zero attached hydrogens (tertiary/aromatic N) is 3. The van der Waals surface area contributed by atoms with Gasteiger partial charge in [0.2, 0.25) is 35.4 Å². The molecule has 3 heterocycles. The number of amides is 6. The third kappa shape index (κ3) is 9.87. The zero-order valence-electron chi connectivity index (χ0n) is 28.6. The Kier molecular flexibility index (Phi) is 12.5. The minimum Gasteiger partial charge on any atom is -0.355 e. The number of benzene rings is 1. The zero-order valence-corrected chi connectivity index (χ0v) is 28.6. The monoisotopic (exact) mass is 674 g/mol. The molecule has 0 radical (unpaired) electrons. The van der Waals surface area contributed by atoms with Crippen LogP contribution in [-0.2, 0) is 41.6 Å². The summed E-state index contributed by atoms with van der Waals surface area (Å²) in [4.78, 5) is 85.5. The molecule has 1 aromatic carbocycles. The van der Waals surface area contributed by atoms with Crippen molar-refractivity contribution in [2.45, 2.75) is 77.5 Å². The Morgan fingerprint density at radius 2 is 1.71 bits per heavy atom. The predicted molar refractivity (Wildman–Crippen MR) is 182 cm³/mol. The molecule has 6 amide bonds. The highest BCUT2D eigenvalue weighted by Crippen LogP contribution is 2.13. The summed E-state index contributed by atoms with van der Waals surface area (Å²) in [6, 6.07) is 8.80. The fourth-order valence-corrected chi connectivity index (χ4v) is 5.67. The van der Waals surface area contributed by atoms with Gasteiger partial charge in [0.25, 0.3) is 0 Å². The van der Waals surface area contributed by atoms with Crippen molar-refractivity contribution in [2.75, 3.05) is 20.1 Å². The molecular weight excluding hydrogens is 628 g/mol. The molecule has 0 unspecified atom stereocenters. The van der Waals surface area contributed by atoms with Crippen molar-refractivity contribution in [3.63, 3.8) is 0 Å². The van der Waals surface area contributed by atoms with Gasteiger partial charge in [0.15, 0.2) is 0 Å². The van der Waals surface area contributed by atoms with E-state index in [1.807, 2.05) is 60.0 Å².